The summed E-state index contributed by atoms with van der Waals surface area (Å²) in [7, 11) is 0. The number of amides is 2. The van der Waals surface area contributed by atoms with Crippen molar-refractivity contribution in [2.24, 2.45) is 92.7 Å². The Balaban J connectivity index is 0.652. The fraction of sp³-hybridized carbons (Fsp3) is 0.794. The summed E-state index contributed by atoms with van der Waals surface area (Å²) in [6, 6.07) is 6.19. The molecule has 0 bridgehead atoms. The van der Waals surface area contributed by atoms with Gasteiger partial charge in [-0.1, -0.05) is 137 Å². The molecule has 6 saturated carbocycles. The fourth-order valence-corrected chi connectivity index (χ4v) is 19.4. The second kappa shape index (κ2) is 24.7. The van der Waals surface area contributed by atoms with Crippen LogP contribution in [0.5, 0.6) is 0 Å². The molecule has 0 heterocycles. The van der Waals surface area contributed by atoms with E-state index in [0.29, 0.717) is 22.7 Å². The molecule has 78 heavy (non-hydrogen) atoms. The van der Waals surface area contributed by atoms with Crippen molar-refractivity contribution in [1.29, 1.82) is 0 Å². The lowest BCUT2D eigenvalue weighted by Crippen LogP contribution is -2.51. The van der Waals surface area contributed by atoms with Crippen molar-refractivity contribution in [3.05, 3.63) is 58.7 Å². The standard InChI is InChI=1S/C68H104N2O8/c1-43(2)14-11-16-45(5)55-24-26-57-53-22-20-49-41-51(28-32-65(49,7)59(53)30-34-67(55,57)9)77-63(73)69-36-38-75-61(71)47-18-13-19-48(40-47)62(72)76-39-37-70-64(74)78-52-29-33-66(8)50(42-52)21-23-54-58-27-25-56(46(6)17-12-15-44(3)4)68(58,10)35-31-60(54)66/h13,18-21,40,43-46,51-60H,11-12,14-17,22-39,41-42H2,1-10H3,(H,69,73)(H,70,74)/t45-,46-,51?,52?,53+,54+,55-,56-,57+,58+,59+,60+,65+,66+,67-,68-/m1/s1. The number of alkyl carbamates (subject to hydrolysis) is 2. The third-order valence-corrected chi connectivity index (χ3v) is 23.6. The van der Waals surface area contributed by atoms with Crippen LogP contribution < -0.4 is 10.6 Å². The van der Waals surface area contributed by atoms with E-state index in [1.807, 2.05) is 0 Å². The van der Waals surface area contributed by atoms with Crippen molar-refractivity contribution in [3.63, 3.8) is 0 Å². The Hall–Kier alpha value is -3.82. The summed E-state index contributed by atoms with van der Waals surface area (Å²) in [6.45, 7) is 24.9. The summed E-state index contributed by atoms with van der Waals surface area (Å²) < 4.78 is 22.9. The van der Waals surface area contributed by atoms with Gasteiger partial charge in [0.25, 0.3) is 0 Å². The first-order valence-electron chi connectivity index (χ1n) is 32.0. The van der Waals surface area contributed by atoms with Gasteiger partial charge in [0.05, 0.1) is 24.2 Å². The summed E-state index contributed by atoms with van der Waals surface area (Å²) in [5.74, 6) is 8.24. The van der Waals surface area contributed by atoms with Gasteiger partial charge in [-0.2, -0.15) is 0 Å². The average molecular weight is 1080 g/mol. The fourth-order valence-electron chi connectivity index (χ4n) is 19.4. The molecule has 0 radical (unpaired) electrons. The van der Waals surface area contributed by atoms with Gasteiger partial charge in [0.1, 0.15) is 25.4 Å². The van der Waals surface area contributed by atoms with Crippen LogP contribution in [0.4, 0.5) is 9.59 Å². The number of hydrogen-bond acceptors (Lipinski definition) is 8. The number of rotatable bonds is 20. The van der Waals surface area contributed by atoms with Crippen molar-refractivity contribution >= 4 is 24.1 Å². The molecule has 8 aliphatic carbocycles. The minimum absolute atomic E-state index is 0.0452. The Labute approximate surface area is 471 Å². The van der Waals surface area contributed by atoms with E-state index in [1.54, 1.807) is 18.2 Å². The van der Waals surface area contributed by atoms with Crippen molar-refractivity contribution in [2.45, 2.75) is 223 Å². The number of nitrogens with one attached hydrogen (secondary N) is 2. The average Bonchev–Trinajstić information content (AvgIpc) is 4.02. The first kappa shape index (κ1) is 58.8. The van der Waals surface area contributed by atoms with Gasteiger partial charge in [-0.05, 0) is 201 Å². The molecule has 434 valence electrons. The highest BCUT2D eigenvalue weighted by atomic mass is 16.6. The Morgan fingerprint density at radius 2 is 0.962 bits per heavy atom. The lowest BCUT2D eigenvalue weighted by Gasteiger charge is -2.58. The first-order valence-corrected chi connectivity index (χ1v) is 32.0. The molecule has 8 aliphatic rings. The SMILES string of the molecule is CC(C)CCC[C@@H](C)[C@H]1CC[C@H]2[C@@H]3CC=C4CC(OC(=O)NCCOC(=O)c5cccc(C(=O)OCCNC(=O)OC6CC[C@@]7(C)C(=CC[C@H]8[C@@H]9CC[C@H]([C@H](C)CCCC(C)C)[C@@]9(C)CC[C@@H]87)C6)c5)CC[C@]4(C)[C@H]3CC[C@]12C. The molecule has 0 aromatic heterocycles. The predicted molar refractivity (Wildman–Crippen MR) is 310 cm³/mol. The van der Waals surface area contributed by atoms with E-state index in [9.17, 15) is 19.2 Å². The van der Waals surface area contributed by atoms with Crippen LogP contribution in [0.15, 0.2) is 47.6 Å². The molecule has 6 fully saturated rings. The summed E-state index contributed by atoms with van der Waals surface area (Å²) in [5.41, 5.74) is 4.65. The summed E-state index contributed by atoms with van der Waals surface area (Å²) in [5, 5.41) is 5.56. The molecular weight excluding hydrogens is 973 g/mol. The number of carbonyl (C=O) groups excluding carboxylic acids is 4. The number of carbonyl (C=O) groups is 4. The van der Waals surface area contributed by atoms with Crippen LogP contribution in [0.2, 0.25) is 0 Å². The minimum Gasteiger partial charge on any atom is -0.460 e. The van der Waals surface area contributed by atoms with Gasteiger partial charge < -0.3 is 29.6 Å². The largest absolute Gasteiger partial charge is 0.460 e. The van der Waals surface area contributed by atoms with Gasteiger partial charge in [0.15, 0.2) is 0 Å². The molecule has 9 rings (SSSR count). The molecule has 0 spiro atoms. The normalized spacial score (nSPS) is 36.5. The van der Waals surface area contributed by atoms with Crippen molar-refractivity contribution in [1.82, 2.24) is 10.6 Å². The third-order valence-electron chi connectivity index (χ3n) is 23.6. The zero-order valence-electron chi connectivity index (χ0n) is 50.2. The summed E-state index contributed by atoms with van der Waals surface area (Å²) in [4.78, 5) is 52.0. The monoisotopic (exact) mass is 1080 g/mol. The molecule has 10 heteroatoms. The molecule has 1 aromatic carbocycles. The predicted octanol–water partition coefficient (Wildman–Crippen LogP) is 16.3. The van der Waals surface area contributed by atoms with Crippen LogP contribution in [-0.2, 0) is 18.9 Å². The van der Waals surface area contributed by atoms with Crippen LogP contribution in [-0.4, -0.2) is 62.6 Å². The van der Waals surface area contributed by atoms with E-state index in [2.05, 4.69) is 92.0 Å². The van der Waals surface area contributed by atoms with Crippen LogP contribution in [0.3, 0.4) is 0 Å². The first-order chi connectivity index (χ1) is 37.2. The molecule has 1 aromatic rings. The zero-order chi connectivity index (χ0) is 55.6. The number of benzene rings is 1. The Kier molecular flexibility index (Phi) is 18.6. The number of hydrogen-bond donors (Lipinski definition) is 2. The number of fused-ring (bicyclic) bond motifs is 10. The molecule has 0 aliphatic heterocycles. The van der Waals surface area contributed by atoms with Gasteiger partial charge in [0, 0.05) is 12.8 Å². The van der Waals surface area contributed by atoms with Crippen molar-refractivity contribution in [2.75, 3.05) is 26.3 Å². The van der Waals surface area contributed by atoms with Crippen LogP contribution in [0.1, 0.15) is 231 Å². The molecule has 2 unspecified atom stereocenters. The number of allylic oxidation sites excluding steroid dienone is 2. The van der Waals surface area contributed by atoms with E-state index in [4.69, 9.17) is 18.9 Å². The summed E-state index contributed by atoms with van der Waals surface area (Å²) >= 11 is 0. The van der Waals surface area contributed by atoms with Gasteiger partial charge >= 0.3 is 24.1 Å². The smallest absolute Gasteiger partial charge is 0.407 e. The van der Waals surface area contributed by atoms with E-state index in [-0.39, 0.29) is 60.5 Å². The second-order valence-corrected chi connectivity index (χ2v) is 28.8. The van der Waals surface area contributed by atoms with Crippen LogP contribution >= 0.6 is 0 Å². The molecule has 2 N–H and O–H groups in total. The van der Waals surface area contributed by atoms with E-state index in [1.165, 1.54) is 107 Å². The molecule has 2 amide bonds. The number of ether oxygens (including phenoxy) is 4. The number of esters is 2. The van der Waals surface area contributed by atoms with E-state index < -0.39 is 24.1 Å². The van der Waals surface area contributed by atoms with Gasteiger partial charge in [-0.25, -0.2) is 19.2 Å². The topological polar surface area (TPSA) is 129 Å². The van der Waals surface area contributed by atoms with Crippen LogP contribution in [0.25, 0.3) is 0 Å². The minimum atomic E-state index is -0.612. The molecule has 10 nitrogen and oxygen atoms in total. The maximum atomic E-state index is 13.0. The van der Waals surface area contributed by atoms with Crippen molar-refractivity contribution < 1.29 is 38.1 Å². The highest BCUT2D eigenvalue weighted by molar-refractivity contribution is 5.95. The zero-order valence-corrected chi connectivity index (χ0v) is 50.2. The van der Waals surface area contributed by atoms with E-state index in [0.717, 1.165) is 111 Å². The molecular formula is C68H104N2O8. The molecule has 16 atom stereocenters. The maximum Gasteiger partial charge on any atom is 0.407 e. The second-order valence-electron chi connectivity index (χ2n) is 28.8. The Morgan fingerprint density at radius 1 is 0.538 bits per heavy atom. The lowest BCUT2D eigenvalue weighted by atomic mass is 9.47. The van der Waals surface area contributed by atoms with Gasteiger partial charge in [-0.3, -0.25) is 0 Å². The third kappa shape index (κ3) is 12.3. The maximum absolute atomic E-state index is 13.0. The molecule has 0 saturated heterocycles. The highest BCUT2D eigenvalue weighted by Gasteiger charge is 2.61. The van der Waals surface area contributed by atoms with Gasteiger partial charge in [0.2, 0.25) is 0 Å². The Morgan fingerprint density at radius 3 is 1.37 bits per heavy atom. The van der Waals surface area contributed by atoms with Crippen molar-refractivity contribution in [3.8, 4) is 0 Å². The highest BCUT2D eigenvalue weighted by Crippen LogP contribution is 2.69. The summed E-state index contributed by atoms with van der Waals surface area (Å²) in [6.07, 6.45) is 30.5. The lowest BCUT2D eigenvalue weighted by molar-refractivity contribution is -0.0581. The van der Waals surface area contributed by atoms with Crippen LogP contribution in [0, 0.1) is 92.7 Å². The Bertz CT molecular complexity index is 2190. The quantitative estimate of drug-likeness (QED) is 0.0572. The van der Waals surface area contributed by atoms with Gasteiger partial charge in [-0.15, -0.1) is 0 Å². The van der Waals surface area contributed by atoms with E-state index >= 15 is 0 Å².